The van der Waals surface area contributed by atoms with Crippen molar-refractivity contribution < 1.29 is 27.3 Å². The van der Waals surface area contributed by atoms with E-state index in [1.54, 1.807) is 24.5 Å². The van der Waals surface area contributed by atoms with Gasteiger partial charge in [0.25, 0.3) is 0 Å². The molecule has 3 atom stereocenters. The highest BCUT2D eigenvalue weighted by Crippen LogP contribution is 2.30. The first-order valence-corrected chi connectivity index (χ1v) is 15.8. The molecule has 0 radical (unpaired) electrons. The number of benzene rings is 3. The van der Waals surface area contributed by atoms with Crippen LogP contribution >= 0.6 is 23.2 Å². The molecule has 0 aliphatic carbocycles. The number of rotatable bonds is 9. The monoisotopic (exact) mass is 608 g/mol. The second kappa shape index (κ2) is 12.2. The van der Waals surface area contributed by atoms with Gasteiger partial charge in [0.05, 0.1) is 15.7 Å². The van der Waals surface area contributed by atoms with Gasteiger partial charge in [0.1, 0.15) is 12.1 Å². The molecule has 0 spiro atoms. The van der Waals surface area contributed by atoms with E-state index in [1.165, 1.54) is 18.2 Å². The van der Waals surface area contributed by atoms with E-state index in [0.717, 1.165) is 15.4 Å². The van der Waals surface area contributed by atoms with Crippen molar-refractivity contribution in [1.29, 1.82) is 0 Å². The number of amides is 1. The highest BCUT2D eigenvalue weighted by atomic mass is 35.5. The zero-order valence-electron chi connectivity index (χ0n) is 20.8. The van der Waals surface area contributed by atoms with E-state index in [0.29, 0.717) is 16.9 Å². The van der Waals surface area contributed by atoms with Crippen molar-refractivity contribution >= 4 is 55.9 Å². The average Bonchev–Trinajstić information content (AvgIpc) is 3.39. The lowest BCUT2D eigenvalue weighted by atomic mass is 10.0. The molecule has 1 heterocycles. The predicted octanol–water partition coefficient (Wildman–Crippen LogP) is 4.36. The minimum absolute atomic E-state index is 0.00786. The molecular weight excluding hydrogens is 583 g/mol. The molecule has 8 nitrogen and oxygen atoms in total. The Morgan fingerprint density at radius 1 is 1.08 bits per heavy atom. The summed E-state index contributed by atoms with van der Waals surface area (Å²) < 4.78 is 39.7. The summed E-state index contributed by atoms with van der Waals surface area (Å²) in [7, 11) is -5.28. The van der Waals surface area contributed by atoms with Crippen molar-refractivity contribution in [3.8, 4) is 11.1 Å². The summed E-state index contributed by atoms with van der Waals surface area (Å²) in [4.78, 5) is 25.7. The van der Waals surface area contributed by atoms with Crippen LogP contribution in [0.4, 0.5) is 0 Å². The number of carbonyl (C=O) groups excluding carboxylic acids is 1. The van der Waals surface area contributed by atoms with E-state index in [4.69, 9.17) is 23.2 Å². The number of sulfonamides is 1. The molecule has 1 unspecified atom stereocenters. The van der Waals surface area contributed by atoms with Crippen LogP contribution in [0.15, 0.2) is 76.5 Å². The second-order valence-electron chi connectivity index (χ2n) is 9.13. The average molecular weight is 610 g/mol. The lowest BCUT2D eigenvalue weighted by molar-refractivity contribution is -0.142. The third kappa shape index (κ3) is 6.70. The van der Waals surface area contributed by atoms with Gasteiger partial charge in [0.2, 0.25) is 15.9 Å². The molecule has 0 bridgehead atoms. The first-order valence-electron chi connectivity index (χ1n) is 12.0. The van der Waals surface area contributed by atoms with Gasteiger partial charge < -0.3 is 10.4 Å². The van der Waals surface area contributed by atoms with Crippen LogP contribution in [0.5, 0.6) is 0 Å². The Balaban J connectivity index is 1.50. The highest BCUT2D eigenvalue weighted by molar-refractivity contribution is 7.89. The first kappa shape index (κ1) is 29.2. The van der Waals surface area contributed by atoms with E-state index < -0.39 is 44.8 Å². The van der Waals surface area contributed by atoms with Crippen molar-refractivity contribution in [3.63, 3.8) is 0 Å². The number of nitrogens with zero attached hydrogens (tertiary/aromatic N) is 1. The highest BCUT2D eigenvalue weighted by Gasteiger charge is 2.40. The number of nitrogens with one attached hydrogen (secondary N) is 1. The van der Waals surface area contributed by atoms with Gasteiger partial charge in [-0.15, -0.1) is 0 Å². The van der Waals surface area contributed by atoms with Crippen LogP contribution in [0.25, 0.3) is 11.1 Å². The van der Waals surface area contributed by atoms with E-state index in [-0.39, 0.29) is 34.3 Å². The Morgan fingerprint density at radius 2 is 1.72 bits per heavy atom. The Morgan fingerprint density at radius 3 is 2.33 bits per heavy atom. The lowest BCUT2D eigenvalue weighted by Crippen LogP contribution is -2.51. The smallest absolute Gasteiger partial charge is 0.326 e. The summed E-state index contributed by atoms with van der Waals surface area (Å²) >= 11 is 12.0. The van der Waals surface area contributed by atoms with E-state index >= 15 is 0 Å². The fourth-order valence-corrected chi connectivity index (χ4v) is 7.73. The van der Waals surface area contributed by atoms with Crippen molar-refractivity contribution in [2.45, 2.75) is 41.1 Å². The summed E-state index contributed by atoms with van der Waals surface area (Å²) in [5.74, 6) is -1.93. The normalized spacial score (nSPS) is 17.5. The topological polar surface area (TPSA) is 121 Å². The Kier molecular flexibility index (Phi) is 9.13. The van der Waals surface area contributed by atoms with Crippen LogP contribution in [0.2, 0.25) is 10.0 Å². The van der Waals surface area contributed by atoms with E-state index in [2.05, 4.69) is 5.32 Å². The minimum atomic E-state index is -4.10. The third-order valence-corrected chi connectivity index (χ3v) is 9.76. The summed E-state index contributed by atoms with van der Waals surface area (Å²) in [6.07, 6.45) is 2.29. The van der Waals surface area contributed by atoms with Gasteiger partial charge in [-0.05, 0) is 53.8 Å². The van der Waals surface area contributed by atoms with Crippen molar-refractivity contribution in [3.05, 3.63) is 82.3 Å². The molecular formula is C27H26Cl2N2O6S2. The zero-order chi connectivity index (χ0) is 28.3. The van der Waals surface area contributed by atoms with Crippen LogP contribution in [0.3, 0.4) is 0 Å². The Hall–Kier alpha value is -2.76. The number of carbonyl (C=O) groups is 2. The molecule has 0 aromatic heterocycles. The van der Waals surface area contributed by atoms with Gasteiger partial charge >= 0.3 is 5.97 Å². The van der Waals surface area contributed by atoms with E-state index in [9.17, 15) is 27.3 Å². The molecule has 206 valence electrons. The molecule has 1 aliphatic heterocycles. The standard InChI is InChI=1S/C27H26Cl2N2O6S2/c1-38(35)25-7-3-2-5-22(25)18-10-8-17(9-11-18)13-23(27(33)34)30-26(32)24-6-4-12-31(24)39(36,37)21-15-19(28)14-20(29)16-21/h2-3,5,7-11,14-16,23-24H,4,6,12-13H2,1H3,(H,30,32)(H,33,34)/t23-,24-,38?/m0/s1. The fraction of sp³-hybridized carbons (Fsp3) is 0.259. The third-order valence-electron chi connectivity index (χ3n) is 6.47. The van der Waals surface area contributed by atoms with Crippen molar-refractivity contribution in [1.82, 2.24) is 9.62 Å². The maximum Gasteiger partial charge on any atom is 0.326 e. The number of hydrogen-bond acceptors (Lipinski definition) is 5. The van der Waals surface area contributed by atoms with Crippen LogP contribution in [-0.2, 0) is 36.8 Å². The minimum Gasteiger partial charge on any atom is -0.480 e. The Bertz CT molecular complexity index is 1510. The van der Waals surface area contributed by atoms with Gasteiger partial charge in [0.15, 0.2) is 0 Å². The van der Waals surface area contributed by atoms with Gasteiger partial charge in [0, 0.05) is 34.2 Å². The summed E-state index contributed by atoms with van der Waals surface area (Å²) in [6, 6.07) is 16.0. The number of carboxylic acid groups (broad SMARTS) is 1. The molecule has 1 aliphatic rings. The zero-order valence-corrected chi connectivity index (χ0v) is 24.0. The Labute approximate surface area is 239 Å². The van der Waals surface area contributed by atoms with Gasteiger partial charge in [-0.2, -0.15) is 4.31 Å². The largest absolute Gasteiger partial charge is 0.480 e. The number of hydrogen-bond donors (Lipinski definition) is 2. The molecule has 39 heavy (non-hydrogen) atoms. The van der Waals surface area contributed by atoms with Gasteiger partial charge in [-0.3, -0.25) is 9.00 Å². The molecule has 3 aromatic rings. The molecule has 3 aromatic carbocycles. The maximum atomic E-state index is 13.3. The molecule has 1 fully saturated rings. The van der Waals surface area contributed by atoms with E-state index in [1.807, 2.05) is 30.3 Å². The van der Waals surface area contributed by atoms with Gasteiger partial charge in [-0.25, -0.2) is 13.2 Å². The molecule has 0 saturated carbocycles. The van der Waals surface area contributed by atoms with Crippen LogP contribution in [0, 0.1) is 0 Å². The molecule has 1 amide bonds. The fourth-order valence-electron chi connectivity index (χ4n) is 4.58. The quantitative estimate of drug-likeness (QED) is 0.372. The summed E-state index contributed by atoms with van der Waals surface area (Å²) in [6.45, 7) is 0.105. The molecule has 2 N–H and O–H groups in total. The first-order chi connectivity index (χ1) is 18.5. The molecule has 4 rings (SSSR count). The van der Waals surface area contributed by atoms with Crippen molar-refractivity contribution in [2.75, 3.05) is 12.8 Å². The predicted molar refractivity (Wildman–Crippen MR) is 151 cm³/mol. The maximum absolute atomic E-state index is 13.3. The van der Waals surface area contributed by atoms with Crippen LogP contribution in [-0.4, -0.2) is 58.8 Å². The summed E-state index contributed by atoms with van der Waals surface area (Å²) in [5.41, 5.74) is 2.30. The SMILES string of the molecule is CS(=O)c1ccccc1-c1ccc(C[C@H](NC(=O)[C@@H]2CCCN2S(=O)(=O)c2cc(Cl)cc(Cl)c2)C(=O)O)cc1. The summed E-state index contributed by atoms with van der Waals surface area (Å²) in [5, 5.41) is 12.6. The second-order valence-corrected chi connectivity index (χ2v) is 13.2. The number of halogens is 2. The number of aliphatic carboxylic acids is 1. The van der Waals surface area contributed by atoms with Crippen molar-refractivity contribution in [2.24, 2.45) is 0 Å². The molecule has 12 heteroatoms. The van der Waals surface area contributed by atoms with Crippen LogP contribution in [0.1, 0.15) is 18.4 Å². The van der Waals surface area contributed by atoms with Gasteiger partial charge in [-0.1, -0.05) is 65.7 Å². The molecule has 1 saturated heterocycles. The lowest BCUT2D eigenvalue weighted by Gasteiger charge is -2.25. The number of carboxylic acids is 1. The van der Waals surface area contributed by atoms with Crippen LogP contribution < -0.4 is 5.32 Å².